The third-order valence-corrected chi connectivity index (χ3v) is 4.20. The summed E-state index contributed by atoms with van der Waals surface area (Å²) in [6, 6.07) is 0. The van der Waals surface area contributed by atoms with Crippen molar-refractivity contribution in [3.63, 3.8) is 0 Å². The average Bonchev–Trinajstić information content (AvgIpc) is 2.86. The van der Waals surface area contributed by atoms with Gasteiger partial charge in [-0.2, -0.15) is 0 Å². The van der Waals surface area contributed by atoms with Gasteiger partial charge in [-0.15, -0.1) is 0 Å². The molecule has 0 heterocycles. The maximum atomic E-state index is 11.9. The van der Waals surface area contributed by atoms with Crippen LogP contribution in [0.3, 0.4) is 0 Å². The van der Waals surface area contributed by atoms with Crippen LogP contribution >= 0.6 is 0 Å². The molecule has 0 aromatic carbocycles. The van der Waals surface area contributed by atoms with E-state index in [0.29, 0.717) is 6.42 Å². The molecule has 1 rings (SSSR count). The van der Waals surface area contributed by atoms with Gasteiger partial charge in [-0.3, -0.25) is 9.59 Å². The van der Waals surface area contributed by atoms with Crippen LogP contribution in [0, 0.1) is 11.8 Å². The number of carbonyl (C=O) groups is 2. The summed E-state index contributed by atoms with van der Waals surface area (Å²) in [6.07, 6.45) is 20.6. The fraction of sp³-hybridized carbons (Fsp3) is 0.600. The Morgan fingerprint density at radius 2 is 1.91 bits per heavy atom. The van der Waals surface area contributed by atoms with Crippen LogP contribution in [0.2, 0.25) is 0 Å². The lowest BCUT2D eigenvalue weighted by molar-refractivity contribution is -0.137. The van der Waals surface area contributed by atoms with Gasteiger partial charge in [-0.05, 0) is 44.1 Å². The van der Waals surface area contributed by atoms with E-state index >= 15 is 0 Å². The summed E-state index contributed by atoms with van der Waals surface area (Å²) in [5, 5.41) is 8.58. The molecule has 0 saturated carbocycles. The number of ketones is 1. The molecule has 0 fully saturated rings. The number of unbranched alkanes of at least 4 members (excludes halogenated alkanes) is 5. The number of aliphatic carboxylic acids is 1. The topological polar surface area (TPSA) is 54.4 Å². The largest absolute Gasteiger partial charge is 0.481 e. The van der Waals surface area contributed by atoms with Gasteiger partial charge in [0.25, 0.3) is 0 Å². The first-order valence-electron chi connectivity index (χ1n) is 8.90. The molecule has 0 aromatic rings. The third kappa shape index (κ3) is 8.53. The molecule has 2 atom stereocenters. The highest BCUT2D eigenvalue weighted by Gasteiger charge is 2.26. The summed E-state index contributed by atoms with van der Waals surface area (Å²) in [4.78, 5) is 22.4. The minimum atomic E-state index is -0.744. The Kier molecular flexibility index (Phi) is 10.0. The second-order valence-electron chi connectivity index (χ2n) is 6.22. The number of rotatable bonds is 12. The van der Waals surface area contributed by atoms with Gasteiger partial charge < -0.3 is 5.11 Å². The van der Waals surface area contributed by atoms with Crippen molar-refractivity contribution in [3.8, 4) is 0 Å². The Morgan fingerprint density at radius 3 is 2.65 bits per heavy atom. The van der Waals surface area contributed by atoms with Crippen LogP contribution in [0.5, 0.6) is 0 Å². The lowest BCUT2D eigenvalue weighted by Gasteiger charge is -2.12. The van der Waals surface area contributed by atoms with Crippen molar-refractivity contribution in [2.24, 2.45) is 11.8 Å². The number of hydrogen-bond acceptors (Lipinski definition) is 2. The molecule has 0 spiro atoms. The number of carbonyl (C=O) groups excluding carboxylic acids is 1. The van der Waals surface area contributed by atoms with E-state index in [4.69, 9.17) is 5.11 Å². The minimum Gasteiger partial charge on any atom is -0.481 e. The molecule has 0 aliphatic heterocycles. The normalized spacial score (nSPS) is 21.0. The SMILES string of the molecule is CCCCCC/C=C/[C@H]1C(=O)C=C[C@@H]1C/C=C\CCCC(=O)O. The van der Waals surface area contributed by atoms with Crippen LogP contribution < -0.4 is 0 Å². The minimum absolute atomic E-state index is 0.00940. The molecule has 1 aliphatic rings. The Balaban J connectivity index is 2.28. The molecule has 0 bridgehead atoms. The van der Waals surface area contributed by atoms with E-state index in [-0.39, 0.29) is 24.0 Å². The first-order valence-corrected chi connectivity index (χ1v) is 8.90. The molecular weight excluding hydrogens is 288 g/mol. The molecule has 3 heteroatoms. The third-order valence-electron chi connectivity index (χ3n) is 4.20. The zero-order valence-corrected chi connectivity index (χ0v) is 14.2. The Hall–Kier alpha value is -1.64. The van der Waals surface area contributed by atoms with Crippen molar-refractivity contribution in [2.45, 2.75) is 64.7 Å². The number of hydrogen-bond donors (Lipinski definition) is 1. The van der Waals surface area contributed by atoms with E-state index in [1.807, 2.05) is 12.2 Å². The van der Waals surface area contributed by atoms with Gasteiger partial charge in [0.15, 0.2) is 5.78 Å². The molecule has 0 amide bonds. The fourth-order valence-corrected chi connectivity index (χ4v) is 2.80. The molecule has 1 N–H and O–H groups in total. The summed E-state index contributed by atoms with van der Waals surface area (Å²) >= 11 is 0. The summed E-state index contributed by atoms with van der Waals surface area (Å²) in [5.74, 6) is -0.291. The maximum absolute atomic E-state index is 11.9. The summed E-state index contributed by atoms with van der Waals surface area (Å²) < 4.78 is 0. The maximum Gasteiger partial charge on any atom is 0.303 e. The fourth-order valence-electron chi connectivity index (χ4n) is 2.80. The smallest absolute Gasteiger partial charge is 0.303 e. The van der Waals surface area contributed by atoms with Crippen LogP contribution in [-0.2, 0) is 9.59 Å². The second-order valence-corrected chi connectivity index (χ2v) is 6.22. The molecule has 3 nitrogen and oxygen atoms in total. The van der Waals surface area contributed by atoms with Gasteiger partial charge in [0.1, 0.15) is 0 Å². The average molecular weight is 318 g/mol. The zero-order chi connectivity index (χ0) is 16.9. The summed E-state index contributed by atoms with van der Waals surface area (Å²) in [7, 11) is 0. The first-order chi connectivity index (χ1) is 11.1. The predicted octanol–water partition coefficient (Wildman–Crippen LogP) is 5.09. The van der Waals surface area contributed by atoms with Gasteiger partial charge in [0.2, 0.25) is 0 Å². The highest BCUT2D eigenvalue weighted by atomic mass is 16.4. The molecule has 0 aromatic heterocycles. The first kappa shape index (κ1) is 19.4. The predicted molar refractivity (Wildman–Crippen MR) is 94.3 cm³/mol. The lowest BCUT2D eigenvalue weighted by atomic mass is 9.91. The summed E-state index contributed by atoms with van der Waals surface area (Å²) in [5.41, 5.74) is 0. The van der Waals surface area contributed by atoms with Crippen molar-refractivity contribution >= 4 is 11.8 Å². The molecule has 128 valence electrons. The Bertz CT molecular complexity index is 446. The van der Waals surface area contributed by atoms with Crippen LogP contribution in [0.4, 0.5) is 0 Å². The van der Waals surface area contributed by atoms with Crippen LogP contribution in [0.1, 0.15) is 64.7 Å². The van der Waals surface area contributed by atoms with Crippen molar-refractivity contribution in [1.29, 1.82) is 0 Å². The Morgan fingerprint density at radius 1 is 1.13 bits per heavy atom. The van der Waals surface area contributed by atoms with Crippen molar-refractivity contribution < 1.29 is 14.7 Å². The molecule has 23 heavy (non-hydrogen) atoms. The number of carboxylic acids is 1. The monoisotopic (exact) mass is 318 g/mol. The number of allylic oxidation sites excluding steroid dienone is 6. The van der Waals surface area contributed by atoms with Crippen LogP contribution in [-0.4, -0.2) is 16.9 Å². The molecule has 0 radical (unpaired) electrons. The van der Waals surface area contributed by atoms with E-state index in [1.165, 1.54) is 25.7 Å². The molecule has 1 aliphatic carbocycles. The van der Waals surface area contributed by atoms with Crippen molar-refractivity contribution in [3.05, 3.63) is 36.5 Å². The van der Waals surface area contributed by atoms with Crippen LogP contribution in [0.25, 0.3) is 0 Å². The lowest BCUT2D eigenvalue weighted by Crippen LogP contribution is -2.12. The van der Waals surface area contributed by atoms with E-state index in [1.54, 1.807) is 6.08 Å². The van der Waals surface area contributed by atoms with E-state index < -0.39 is 5.97 Å². The van der Waals surface area contributed by atoms with E-state index in [9.17, 15) is 9.59 Å². The standard InChI is InChI=1S/C20H30O3/c1-2-3-4-5-6-10-13-18-17(15-16-19(18)21)12-9-7-8-11-14-20(22)23/h7,9-10,13,15-18H,2-6,8,11-12,14H2,1H3,(H,22,23)/b9-7-,13-10+/t17-,18+/m0/s1. The van der Waals surface area contributed by atoms with Crippen LogP contribution in [0.15, 0.2) is 36.5 Å². The van der Waals surface area contributed by atoms with Gasteiger partial charge >= 0.3 is 5.97 Å². The van der Waals surface area contributed by atoms with E-state index in [0.717, 1.165) is 19.3 Å². The number of carboxylic acid groups (broad SMARTS) is 1. The highest BCUT2D eigenvalue weighted by molar-refractivity contribution is 5.95. The van der Waals surface area contributed by atoms with Gasteiger partial charge in [-0.1, -0.05) is 56.6 Å². The quantitative estimate of drug-likeness (QED) is 0.403. The van der Waals surface area contributed by atoms with E-state index in [2.05, 4.69) is 25.2 Å². The molecular formula is C20H30O3. The molecule has 0 unspecified atom stereocenters. The summed E-state index contributed by atoms with van der Waals surface area (Å²) in [6.45, 7) is 2.21. The van der Waals surface area contributed by atoms with Gasteiger partial charge in [0.05, 0.1) is 0 Å². The van der Waals surface area contributed by atoms with Gasteiger partial charge in [0, 0.05) is 12.3 Å². The highest BCUT2D eigenvalue weighted by Crippen LogP contribution is 2.27. The van der Waals surface area contributed by atoms with Gasteiger partial charge in [-0.25, -0.2) is 0 Å². The molecule has 0 saturated heterocycles. The van der Waals surface area contributed by atoms with Crippen molar-refractivity contribution in [2.75, 3.05) is 0 Å². The second kappa shape index (κ2) is 11.9. The van der Waals surface area contributed by atoms with Crippen molar-refractivity contribution in [1.82, 2.24) is 0 Å². The Labute approximate surface area is 140 Å². The zero-order valence-electron chi connectivity index (χ0n) is 14.2.